The van der Waals surface area contributed by atoms with Crippen LogP contribution in [-0.4, -0.2) is 22.3 Å². The van der Waals surface area contributed by atoms with Gasteiger partial charge in [-0.25, -0.2) is 0 Å². The summed E-state index contributed by atoms with van der Waals surface area (Å²) >= 11 is 0. The Morgan fingerprint density at radius 2 is 1.55 bits per heavy atom. The van der Waals surface area contributed by atoms with E-state index >= 15 is 0 Å². The topological polar surface area (TPSA) is 63.2 Å². The summed E-state index contributed by atoms with van der Waals surface area (Å²) in [4.78, 5) is 6.74. The van der Waals surface area contributed by atoms with Gasteiger partial charge in [-0.05, 0) is 29.8 Å². The molecular weight excluding hydrogens is 362 g/mol. The Kier molecular flexibility index (Phi) is 5.62. The van der Waals surface area contributed by atoms with Gasteiger partial charge in [0.05, 0.1) is 25.5 Å². The first-order valence-electron chi connectivity index (χ1n) is 9.30. The average Bonchev–Trinajstić information content (AvgIpc) is 2.79. The molecule has 1 aromatic heterocycles. The number of anilines is 4. The van der Waals surface area contributed by atoms with Gasteiger partial charge in [0.25, 0.3) is 5.95 Å². The number of rotatable bonds is 7. The van der Waals surface area contributed by atoms with E-state index in [0.29, 0.717) is 18.3 Å². The van der Waals surface area contributed by atoms with E-state index in [9.17, 15) is 0 Å². The minimum atomic E-state index is 0.514. The van der Waals surface area contributed by atoms with Crippen LogP contribution in [0.1, 0.15) is 5.56 Å². The second-order valence-corrected chi connectivity index (χ2v) is 6.37. The van der Waals surface area contributed by atoms with E-state index in [-0.39, 0.29) is 0 Å². The maximum atomic E-state index is 5.41. The van der Waals surface area contributed by atoms with Gasteiger partial charge in [-0.1, -0.05) is 60.7 Å². The van der Waals surface area contributed by atoms with Crippen LogP contribution in [0, 0.1) is 0 Å². The van der Waals surface area contributed by atoms with Crippen molar-refractivity contribution in [2.24, 2.45) is 0 Å². The smallest absolute Gasteiger partial charge is 0.252 e. The lowest BCUT2D eigenvalue weighted by atomic mass is 10.2. The summed E-state index contributed by atoms with van der Waals surface area (Å²) in [5.41, 5.74) is 2.96. The summed E-state index contributed by atoms with van der Waals surface area (Å²) in [6, 6.07) is 28.0. The number of nitrogens with one attached hydrogen (secondary N) is 1. The van der Waals surface area contributed by atoms with Gasteiger partial charge < -0.3 is 15.0 Å². The molecule has 1 N–H and O–H groups in total. The molecule has 0 aliphatic rings. The zero-order valence-electron chi connectivity index (χ0n) is 16.1. The minimum absolute atomic E-state index is 0.514. The van der Waals surface area contributed by atoms with Gasteiger partial charge in [-0.15, -0.1) is 5.10 Å². The van der Waals surface area contributed by atoms with Crippen molar-refractivity contribution in [3.63, 3.8) is 0 Å². The van der Waals surface area contributed by atoms with Crippen molar-refractivity contribution in [1.82, 2.24) is 15.2 Å². The van der Waals surface area contributed by atoms with Crippen molar-refractivity contribution < 1.29 is 4.74 Å². The highest BCUT2D eigenvalue weighted by molar-refractivity contribution is 5.65. The molecule has 6 nitrogen and oxygen atoms in total. The predicted molar refractivity (Wildman–Crippen MR) is 115 cm³/mol. The zero-order valence-corrected chi connectivity index (χ0v) is 16.1. The first kappa shape index (κ1) is 18.4. The molecule has 0 saturated heterocycles. The molecule has 0 bridgehead atoms. The van der Waals surface area contributed by atoms with Crippen LogP contribution in [0.2, 0.25) is 0 Å². The number of hydrogen-bond acceptors (Lipinski definition) is 6. The van der Waals surface area contributed by atoms with Crippen LogP contribution in [0.3, 0.4) is 0 Å². The molecule has 6 heteroatoms. The number of hydrogen-bond donors (Lipinski definition) is 1. The molecule has 1 heterocycles. The van der Waals surface area contributed by atoms with Gasteiger partial charge in [0.1, 0.15) is 5.75 Å². The lowest BCUT2D eigenvalue weighted by Gasteiger charge is -2.23. The molecule has 3 aromatic carbocycles. The van der Waals surface area contributed by atoms with Crippen molar-refractivity contribution in [1.29, 1.82) is 0 Å². The first-order valence-corrected chi connectivity index (χ1v) is 9.30. The van der Waals surface area contributed by atoms with Crippen LogP contribution < -0.4 is 15.0 Å². The number of para-hydroxylation sites is 3. The van der Waals surface area contributed by atoms with Gasteiger partial charge in [0.2, 0.25) is 0 Å². The zero-order chi connectivity index (χ0) is 19.9. The number of benzene rings is 3. The minimum Gasteiger partial charge on any atom is -0.495 e. The highest BCUT2D eigenvalue weighted by Crippen LogP contribution is 2.28. The second-order valence-electron chi connectivity index (χ2n) is 6.37. The molecule has 0 aliphatic carbocycles. The Hall–Kier alpha value is -3.93. The van der Waals surface area contributed by atoms with Gasteiger partial charge >= 0.3 is 0 Å². The van der Waals surface area contributed by atoms with Crippen molar-refractivity contribution in [2.45, 2.75) is 6.54 Å². The van der Waals surface area contributed by atoms with Crippen LogP contribution in [0.25, 0.3) is 0 Å². The molecule has 0 saturated carbocycles. The summed E-state index contributed by atoms with van der Waals surface area (Å²) < 4.78 is 5.41. The number of nitrogens with zero attached hydrogens (tertiary/aromatic N) is 4. The van der Waals surface area contributed by atoms with Crippen LogP contribution >= 0.6 is 0 Å². The summed E-state index contributed by atoms with van der Waals surface area (Å²) in [5, 5.41) is 11.7. The molecule has 0 radical (unpaired) electrons. The molecule has 4 aromatic rings. The molecule has 0 aliphatic heterocycles. The fourth-order valence-corrected chi connectivity index (χ4v) is 3.01. The highest BCUT2D eigenvalue weighted by atomic mass is 16.5. The van der Waals surface area contributed by atoms with Gasteiger partial charge in [-0.2, -0.15) is 10.1 Å². The largest absolute Gasteiger partial charge is 0.495 e. The molecule has 0 fully saturated rings. The van der Waals surface area contributed by atoms with Crippen LogP contribution in [0.4, 0.5) is 23.1 Å². The average molecular weight is 383 g/mol. The van der Waals surface area contributed by atoms with E-state index in [0.717, 1.165) is 22.7 Å². The quantitative estimate of drug-likeness (QED) is 0.486. The van der Waals surface area contributed by atoms with E-state index in [1.54, 1.807) is 13.3 Å². The summed E-state index contributed by atoms with van der Waals surface area (Å²) in [6.07, 6.45) is 1.60. The SMILES string of the molecule is COc1ccccc1Nc1cnnc(N(Cc2ccccc2)c2ccccc2)n1. The van der Waals surface area contributed by atoms with E-state index < -0.39 is 0 Å². The molecule has 0 spiro atoms. The van der Waals surface area contributed by atoms with Crippen molar-refractivity contribution in [3.05, 3.63) is 96.7 Å². The first-order chi connectivity index (χ1) is 14.3. The third-order valence-electron chi connectivity index (χ3n) is 4.41. The molecule has 0 unspecified atom stereocenters. The molecule has 29 heavy (non-hydrogen) atoms. The monoisotopic (exact) mass is 383 g/mol. The molecule has 4 rings (SSSR count). The molecule has 0 atom stereocenters. The second kappa shape index (κ2) is 8.84. The van der Waals surface area contributed by atoms with Crippen molar-refractivity contribution in [2.75, 3.05) is 17.3 Å². The van der Waals surface area contributed by atoms with E-state index in [1.165, 1.54) is 0 Å². The lowest BCUT2D eigenvalue weighted by molar-refractivity contribution is 0.417. The standard InChI is InChI=1S/C23H21N5O/c1-29-21-15-9-8-14-20(21)25-22-16-24-27-23(26-22)28(19-12-6-3-7-13-19)17-18-10-4-2-5-11-18/h2-16H,17H2,1H3,(H,25,26,27). The van der Waals surface area contributed by atoms with Gasteiger partial charge in [0.15, 0.2) is 5.82 Å². The van der Waals surface area contributed by atoms with Crippen LogP contribution in [0.5, 0.6) is 5.75 Å². The fourth-order valence-electron chi connectivity index (χ4n) is 3.01. The maximum absolute atomic E-state index is 5.41. The van der Waals surface area contributed by atoms with E-state index in [4.69, 9.17) is 9.72 Å². The normalized spacial score (nSPS) is 10.4. The Labute approximate surface area is 169 Å². The third-order valence-corrected chi connectivity index (χ3v) is 4.41. The number of methoxy groups -OCH3 is 1. The Morgan fingerprint density at radius 1 is 0.862 bits per heavy atom. The van der Waals surface area contributed by atoms with E-state index in [2.05, 4.69) is 27.6 Å². The summed E-state index contributed by atoms with van der Waals surface area (Å²) in [6.45, 7) is 0.630. The maximum Gasteiger partial charge on any atom is 0.252 e. The van der Waals surface area contributed by atoms with Crippen molar-refractivity contribution >= 4 is 23.1 Å². The van der Waals surface area contributed by atoms with Crippen LogP contribution in [-0.2, 0) is 6.54 Å². The lowest BCUT2D eigenvalue weighted by Crippen LogP contribution is -2.20. The predicted octanol–water partition coefficient (Wildman–Crippen LogP) is 4.96. The number of ether oxygens (including phenoxy) is 1. The summed E-state index contributed by atoms with van der Waals surface area (Å²) in [5.74, 6) is 1.84. The van der Waals surface area contributed by atoms with Crippen molar-refractivity contribution in [3.8, 4) is 5.75 Å². The molecule has 144 valence electrons. The van der Waals surface area contributed by atoms with Gasteiger partial charge in [0, 0.05) is 5.69 Å². The van der Waals surface area contributed by atoms with E-state index in [1.807, 2.05) is 77.7 Å². The Morgan fingerprint density at radius 3 is 2.31 bits per heavy atom. The fraction of sp³-hybridized carbons (Fsp3) is 0.0870. The van der Waals surface area contributed by atoms with Gasteiger partial charge in [-0.3, -0.25) is 0 Å². The number of aromatic nitrogens is 3. The molecular formula is C23H21N5O. The Bertz CT molecular complexity index is 1060. The molecule has 0 amide bonds. The third kappa shape index (κ3) is 4.50. The Balaban J connectivity index is 1.67. The summed E-state index contributed by atoms with van der Waals surface area (Å²) in [7, 11) is 1.64. The van der Waals surface area contributed by atoms with Crippen LogP contribution in [0.15, 0.2) is 91.1 Å². The highest BCUT2D eigenvalue weighted by Gasteiger charge is 2.15.